The molecule has 1 aliphatic carbocycles. The molecule has 6 rings (SSSR count). The smallest absolute Gasteiger partial charge is 0.915 e. The fraction of sp³-hybridized carbons (Fsp3) is 0.158. The van der Waals surface area contributed by atoms with Gasteiger partial charge in [0, 0.05) is 5.90 Å². The molecule has 0 unspecified atom stereocenters. The fourth-order valence-corrected chi connectivity index (χ4v) is 11.3. The predicted molar refractivity (Wildman–Crippen MR) is 201 cm³/mol. The maximum atomic E-state index is 9.87. The topological polar surface area (TPSA) is 0 Å². The van der Waals surface area contributed by atoms with Gasteiger partial charge in [0.15, 0.2) is 0 Å². The van der Waals surface area contributed by atoms with E-state index in [0.29, 0.717) is 0 Å². The zero-order chi connectivity index (χ0) is 34.8. The maximum absolute atomic E-state index is 10.7. The average Bonchev–Trinajstić information content (AvgIpc) is 3.67. The standard InChI is InChI=1S/C25H22P2.C8H6S.C5H10.F6P.Ru/c1-5-13-22(14-6-1)26(23-15-7-2-8-16-23)21-27(24-17-9-3-10-18-24)25-19-11-4-12-20-25;9-7-6-8-4-2-1-3-5-8;1-2-4-5-3-1;1-7(2,3,4,5)6;/h1-20H,21H2;1-6H;1-5H2;;/q;-2;;-1;+4. The van der Waals surface area contributed by atoms with Crippen molar-refractivity contribution in [1.82, 2.24) is 0 Å². The van der Waals surface area contributed by atoms with Gasteiger partial charge in [-0.15, -0.1) is 12.1 Å². The van der Waals surface area contributed by atoms with Crippen molar-refractivity contribution in [2.45, 2.75) is 32.1 Å². The number of hydrogen-bond donors (Lipinski definition) is 0. The van der Waals surface area contributed by atoms with Crippen LogP contribution in [0, 0.1) is 5.41 Å². The predicted octanol–water partition coefficient (Wildman–Crippen LogP) is 12.5. The van der Waals surface area contributed by atoms with Crippen molar-refractivity contribution >= 4 is 63.6 Å². The van der Waals surface area contributed by atoms with E-state index in [1.165, 1.54) is 59.2 Å². The van der Waals surface area contributed by atoms with Gasteiger partial charge in [-0.2, -0.15) is 5.56 Å². The normalized spacial score (nSPS) is 13.7. The van der Waals surface area contributed by atoms with Gasteiger partial charge < -0.3 is 18.0 Å². The molecule has 0 N–H and O–H groups in total. The molecule has 0 saturated heterocycles. The Morgan fingerprint density at radius 1 is 0.469 bits per heavy atom. The molecule has 0 heterocycles. The second-order valence-corrected chi connectivity index (χ2v) is 17.8. The molecular formula is C38H38F6P3RuS+. The van der Waals surface area contributed by atoms with Crippen molar-refractivity contribution in [3.8, 4) is 0 Å². The van der Waals surface area contributed by atoms with Crippen LogP contribution < -0.4 is 21.2 Å². The SMILES string of the molecule is C1CCCC1.F[P-](F)(F)(F)(F)F.[Ru+4].[S-][C-]=Cc1ccccc1.c1ccc(P(CP(c2ccccc2)c2ccccc2)c2ccccc2)cc1. The van der Waals surface area contributed by atoms with E-state index in [-0.39, 0.29) is 19.5 Å². The Balaban J connectivity index is 0.000000308. The Hall–Kier alpha value is -2.45. The Kier molecular flexibility index (Phi) is 17.8. The molecule has 5 aromatic carbocycles. The Bertz CT molecular complexity index is 1430. The molecule has 49 heavy (non-hydrogen) atoms. The molecule has 0 amide bonds. The van der Waals surface area contributed by atoms with Gasteiger partial charge in [0.25, 0.3) is 0 Å². The first-order valence-electron chi connectivity index (χ1n) is 15.4. The summed E-state index contributed by atoms with van der Waals surface area (Å²) in [5, 5.41) is 8.37. The summed E-state index contributed by atoms with van der Waals surface area (Å²) in [5.74, 6) is 1.17. The molecule has 0 atom stereocenters. The summed E-state index contributed by atoms with van der Waals surface area (Å²) in [6.45, 7) is 0. The van der Waals surface area contributed by atoms with Crippen LogP contribution in [0.2, 0.25) is 0 Å². The monoisotopic (exact) mass is 835 g/mol. The van der Waals surface area contributed by atoms with Crippen molar-refractivity contribution in [1.29, 1.82) is 0 Å². The zero-order valence-corrected chi connectivity index (χ0v) is 31.9. The summed E-state index contributed by atoms with van der Waals surface area (Å²) in [5.41, 5.74) is 1.10. The second-order valence-electron chi connectivity index (χ2n) is 10.7. The van der Waals surface area contributed by atoms with Crippen molar-refractivity contribution < 1.29 is 44.7 Å². The molecule has 0 radical (unpaired) electrons. The third-order valence-electron chi connectivity index (χ3n) is 6.83. The summed E-state index contributed by atoms with van der Waals surface area (Å²) >= 11 is 4.53. The number of halogens is 6. The zero-order valence-electron chi connectivity index (χ0n) is 26.6. The van der Waals surface area contributed by atoms with Crippen molar-refractivity contribution in [2.24, 2.45) is 0 Å². The molecule has 1 aliphatic rings. The molecule has 1 fully saturated rings. The molecule has 0 nitrogen and oxygen atoms in total. The van der Waals surface area contributed by atoms with Gasteiger partial charge in [0.2, 0.25) is 0 Å². The summed E-state index contributed by atoms with van der Waals surface area (Å²) in [6, 6.07) is 54.0. The summed E-state index contributed by atoms with van der Waals surface area (Å²) in [6.07, 6.45) is 9.27. The number of hydrogen-bond acceptors (Lipinski definition) is 1. The molecule has 260 valence electrons. The van der Waals surface area contributed by atoms with Gasteiger partial charge in [-0.05, 0) is 37.1 Å². The van der Waals surface area contributed by atoms with Crippen LogP contribution in [0.25, 0.3) is 6.08 Å². The van der Waals surface area contributed by atoms with E-state index in [4.69, 9.17) is 0 Å². The molecule has 5 aromatic rings. The molecule has 0 bridgehead atoms. The first kappa shape index (κ1) is 42.7. The van der Waals surface area contributed by atoms with Gasteiger partial charge >= 0.3 is 52.5 Å². The summed E-state index contributed by atoms with van der Waals surface area (Å²) in [7, 11) is -11.5. The largest absolute Gasteiger partial charge is 4.00 e. The van der Waals surface area contributed by atoms with E-state index in [2.05, 4.69) is 139 Å². The molecule has 0 aliphatic heterocycles. The Morgan fingerprint density at radius 2 is 0.694 bits per heavy atom. The van der Waals surface area contributed by atoms with Crippen molar-refractivity contribution in [2.75, 3.05) is 5.90 Å². The van der Waals surface area contributed by atoms with E-state index >= 15 is 0 Å². The van der Waals surface area contributed by atoms with E-state index in [1.54, 1.807) is 6.08 Å². The van der Waals surface area contributed by atoms with E-state index in [1.807, 2.05) is 30.3 Å². The molecule has 1 saturated carbocycles. The van der Waals surface area contributed by atoms with Crippen molar-refractivity contribution in [3.63, 3.8) is 0 Å². The van der Waals surface area contributed by atoms with Crippen LogP contribution in [0.1, 0.15) is 37.7 Å². The first-order chi connectivity index (χ1) is 22.8. The summed E-state index contributed by atoms with van der Waals surface area (Å²) < 4.78 is 59.2. The van der Waals surface area contributed by atoms with Crippen LogP contribution in [0.3, 0.4) is 0 Å². The second kappa shape index (κ2) is 20.4. The van der Waals surface area contributed by atoms with Crippen molar-refractivity contribution in [3.05, 3.63) is 163 Å². The third-order valence-corrected chi connectivity index (χ3v) is 12.9. The van der Waals surface area contributed by atoms with E-state index in [0.717, 1.165) is 5.56 Å². The molecule has 11 heteroatoms. The van der Waals surface area contributed by atoms with Crippen LogP contribution in [-0.2, 0) is 32.1 Å². The van der Waals surface area contributed by atoms with Crippen LogP contribution in [-0.4, -0.2) is 5.90 Å². The summed E-state index contributed by atoms with van der Waals surface area (Å²) in [4.78, 5) is 0. The van der Waals surface area contributed by atoms with Crippen LogP contribution in [0.5, 0.6) is 0 Å². The molecular weight excluding hydrogens is 796 g/mol. The fourth-order valence-electron chi connectivity index (χ4n) is 4.70. The Morgan fingerprint density at radius 3 is 0.918 bits per heavy atom. The van der Waals surface area contributed by atoms with Gasteiger partial charge in [0.05, 0.1) is 0 Å². The van der Waals surface area contributed by atoms with E-state index in [9.17, 15) is 25.2 Å². The van der Waals surface area contributed by atoms with Crippen LogP contribution in [0.15, 0.2) is 152 Å². The number of rotatable bonds is 7. The minimum atomic E-state index is -10.7. The van der Waals surface area contributed by atoms with Gasteiger partial charge in [0.1, 0.15) is 0 Å². The van der Waals surface area contributed by atoms with Gasteiger partial charge in [-0.3, -0.25) is 6.08 Å². The minimum absolute atomic E-state index is 0. The first-order valence-corrected chi connectivity index (χ1v) is 20.9. The third kappa shape index (κ3) is 20.1. The van der Waals surface area contributed by atoms with Crippen LogP contribution >= 0.6 is 23.7 Å². The van der Waals surface area contributed by atoms with Gasteiger partial charge in [-0.1, -0.05) is 172 Å². The quantitative estimate of drug-likeness (QED) is 0.0517. The minimum Gasteiger partial charge on any atom is -0.915 e. The maximum Gasteiger partial charge on any atom is 4.00 e. The molecule has 0 aromatic heterocycles. The average molecular weight is 835 g/mol. The Labute approximate surface area is 307 Å². The van der Waals surface area contributed by atoms with E-state index < -0.39 is 23.7 Å². The number of benzene rings is 5. The van der Waals surface area contributed by atoms with Gasteiger partial charge in [-0.25, -0.2) is 0 Å². The molecule has 0 spiro atoms. The van der Waals surface area contributed by atoms with Crippen LogP contribution in [0.4, 0.5) is 25.2 Å².